The van der Waals surface area contributed by atoms with Gasteiger partial charge in [0.2, 0.25) is 11.8 Å². The Morgan fingerprint density at radius 2 is 1.00 bits per heavy atom. The van der Waals surface area contributed by atoms with Crippen LogP contribution < -0.4 is 25.3 Å². The summed E-state index contributed by atoms with van der Waals surface area (Å²) in [5.41, 5.74) is 8.97. The van der Waals surface area contributed by atoms with Gasteiger partial charge in [0.25, 0.3) is 11.8 Å². The highest BCUT2D eigenvalue weighted by atomic mass is 35.5. The number of nitrogens with one attached hydrogen (secondary N) is 2. The third kappa shape index (κ3) is 14.9. The monoisotopic (exact) mass is 1160 g/mol. The van der Waals surface area contributed by atoms with Crippen LogP contribution in [-0.4, -0.2) is 135 Å². The van der Waals surface area contributed by atoms with Crippen LogP contribution in [-0.2, 0) is 33.7 Å². The van der Waals surface area contributed by atoms with Crippen LogP contribution in [0.2, 0.25) is 20.2 Å². The molecule has 418 valence electrons. The molecule has 6 aromatic rings. The standard InChI is InChI=1S/C32H34Cl2N4O4.C29H31Cl2N5O2/c1-42-32(41)24-6-4-5-23(19-24)31(40)35-25-7-9-26(10-8-25)37-13-15-38(16-14-37)30(39)20-27-28(33)17-22(18-29(27)34)21-36-11-2-3-12-36;1-20-17-26(30)25(28(31)32-20)19-27(37)36-15-13-35(14-16-36)23-9-7-21(8-10-23)29(38)33-22-5-4-6-24(18-22)34-11-2-3-12-34/h4-10,17-19H,2-3,11-16,20-21H2,1H3,(H,35,40);4-10,17-18H,2-3,11-16,19H2,1H3,(H,33,38). The normalized spacial score (nSPS) is 15.6. The van der Waals surface area contributed by atoms with E-state index in [1.807, 2.05) is 95.6 Å². The molecule has 19 heteroatoms. The van der Waals surface area contributed by atoms with Crippen LogP contribution in [0, 0.1) is 6.92 Å². The maximum Gasteiger partial charge on any atom is 0.337 e. The first-order valence-corrected chi connectivity index (χ1v) is 28.6. The second kappa shape index (κ2) is 27.1. The molecule has 1 aromatic heterocycles. The lowest BCUT2D eigenvalue weighted by molar-refractivity contribution is -0.131. The van der Waals surface area contributed by atoms with Crippen molar-refractivity contribution in [2.24, 2.45) is 0 Å². The number of esters is 1. The number of halogens is 4. The van der Waals surface area contributed by atoms with E-state index in [2.05, 4.69) is 41.3 Å². The van der Waals surface area contributed by atoms with E-state index in [-0.39, 0.29) is 41.6 Å². The number of piperazine rings is 2. The van der Waals surface area contributed by atoms with Gasteiger partial charge in [0.15, 0.2) is 0 Å². The molecular formula is C61H65Cl4N9O6. The van der Waals surface area contributed by atoms with Crippen molar-refractivity contribution in [1.29, 1.82) is 0 Å². The third-order valence-corrected chi connectivity index (χ3v) is 16.3. The highest BCUT2D eigenvalue weighted by Crippen LogP contribution is 2.31. The van der Waals surface area contributed by atoms with E-state index in [1.54, 1.807) is 24.3 Å². The number of hydrogen-bond donors (Lipinski definition) is 2. The molecule has 10 rings (SSSR count). The fourth-order valence-electron chi connectivity index (χ4n) is 10.5. The second-order valence-corrected chi connectivity index (χ2v) is 22.0. The number of likely N-dealkylation sites (tertiary alicyclic amines) is 1. The zero-order valence-electron chi connectivity index (χ0n) is 45.0. The largest absolute Gasteiger partial charge is 0.465 e. The number of benzene rings is 5. The average molecular weight is 1160 g/mol. The molecule has 4 saturated heterocycles. The van der Waals surface area contributed by atoms with Gasteiger partial charge in [0, 0.05) is 138 Å². The highest BCUT2D eigenvalue weighted by Gasteiger charge is 2.26. The van der Waals surface area contributed by atoms with E-state index in [9.17, 15) is 24.0 Å². The van der Waals surface area contributed by atoms with Crippen LogP contribution in [0.1, 0.15) is 79.1 Å². The summed E-state index contributed by atoms with van der Waals surface area (Å²) in [6, 6.07) is 35.2. The van der Waals surface area contributed by atoms with Crippen LogP contribution in [0.25, 0.3) is 0 Å². The average Bonchev–Trinajstić information content (AvgIpc) is 4.22. The Bertz CT molecular complexity index is 3150. The number of ether oxygens (including phenoxy) is 1. The zero-order chi connectivity index (χ0) is 56.3. The molecule has 0 bridgehead atoms. The van der Waals surface area contributed by atoms with E-state index in [0.29, 0.717) is 101 Å². The smallest absolute Gasteiger partial charge is 0.337 e. The maximum absolute atomic E-state index is 13.1. The number of pyridine rings is 1. The number of rotatable bonds is 14. The predicted molar refractivity (Wildman–Crippen MR) is 319 cm³/mol. The lowest BCUT2D eigenvalue weighted by Gasteiger charge is -2.36. The van der Waals surface area contributed by atoms with Crippen molar-refractivity contribution in [3.05, 3.63) is 175 Å². The Labute approximate surface area is 487 Å². The molecular weight excluding hydrogens is 1100 g/mol. The van der Waals surface area contributed by atoms with Crippen molar-refractivity contribution in [1.82, 2.24) is 19.7 Å². The lowest BCUT2D eigenvalue weighted by atomic mass is 10.1. The minimum Gasteiger partial charge on any atom is -0.465 e. The van der Waals surface area contributed by atoms with Crippen molar-refractivity contribution in [2.45, 2.75) is 52.0 Å². The van der Waals surface area contributed by atoms with Gasteiger partial charge in [0.05, 0.1) is 25.5 Å². The molecule has 0 saturated carbocycles. The van der Waals surface area contributed by atoms with E-state index < -0.39 is 5.97 Å². The van der Waals surface area contributed by atoms with E-state index in [0.717, 1.165) is 66.7 Å². The summed E-state index contributed by atoms with van der Waals surface area (Å²) >= 11 is 25.7. The molecule has 15 nitrogen and oxygen atoms in total. The number of amides is 4. The molecule has 80 heavy (non-hydrogen) atoms. The first-order chi connectivity index (χ1) is 38.7. The first-order valence-electron chi connectivity index (χ1n) is 27.1. The van der Waals surface area contributed by atoms with Gasteiger partial charge in [-0.3, -0.25) is 24.1 Å². The Morgan fingerprint density at radius 1 is 0.500 bits per heavy atom. The number of aryl methyl sites for hydroxylation is 1. The summed E-state index contributed by atoms with van der Waals surface area (Å²) in [4.78, 5) is 80.4. The lowest BCUT2D eigenvalue weighted by Crippen LogP contribution is -2.49. The quantitative estimate of drug-likeness (QED) is 0.0792. The van der Waals surface area contributed by atoms with Crippen LogP contribution in [0.15, 0.2) is 115 Å². The molecule has 5 heterocycles. The molecule has 4 aliphatic heterocycles. The zero-order valence-corrected chi connectivity index (χ0v) is 48.0. The Kier molecular flexibility index (Phi) is 19.5. The molecule has 2 N–H and O–H groups in total. The number of nitrogens with zero attached hydrogens (tertiary/aromatic N) is 7. The number of carbonyl (C=O) groups is 5. The number of carbonyl (C=O) groups excluding carboxylic acids is 5. The highest BCUT2D eigenvalue weighted by molar-refractivity contribution is 6.36. The summed E-state index contributed by atoms with van der Waals surface area (Å²) in [7, 11) is 1.30. The molecule has 0 aliphatic carbocycles. The van der Waals surface area contributed by atoms with Gasteiger partial charge in [-0.05, 0) is 160 Å². The fraction of sp³-hybridized carbons (Fsp3) is 0.344. The van der Waals surface area contributed by atoms with Gasteiger partial charge in [-0.2, -0.15) is 0 Å². The van der Waals surface area contributed by atoms with Crippen LogP contribution in [0.5, 0.6) is 0 Å². The first kappa shape index (κ1) is 57.8. The molecule has 0 unspecified atom stereocenters. The molecule has 0 radical (unpaired) electrons. The van der Waals surface area contributed by atoms with Gasteiger partial charge in [-0.25, -0.2) is 9.78 Å². The number of hydrogen-bond acceptors (Lipinski definition) is 11. The summed E-state index contributed by atoms with van der Waals surface area (Å²) in [5, 5.41) is 7.73. The van der Waals surface area contributed by atoms with E-state index >= 15 is 0 Å². The summed E-state index contributed by atoms with van der Waals surface area (Å²) in [5.74, 6) is -0.944. The van der Waals surface area contributed by atoms with Gasteiger partial charge in [-0.1, -0.05) is 58.5 Å². The minimum absolute atomic E-state index is 0.0140. The van der Waals surface area contributed by atoms with Gasteiger partial charge in [0.1, 0.15) is 5.15 Å². The number of methoxy groups -OCH3 is 1. The van der Waals surface area contributed by atoms with Crippen LogP contribution in [0.4, 0.5) is 28.4 Å². The molecule has 4 amide bonds. The number of aromatic nitrogens is 1. The van der Waals surface area contributed by atoms with Crippen molar-refractivity contribution < 1.29 is 28.7 Å². The SMILES string of the molecule is COC(=O)c1cccc(C(=O)Nc2ccc(N3CCN(C(=O)Cc4c(Cl)cc(CN5CCCC5)cc4Cl)CC3)cc2)c1.Cc1cc(Cl)c(CC(=O)N2CCN(c3ccc(C(=O)Nc4cccc(N5CCCC5)c4)cc3)CC2)c(Cl)n1. The van der Waals surface area contributed by atoms with E-state index in [1.165, 1.54) is 38.9 Å². The minimum atomic E-state index is -0.495. The summed E-state index contributed by atoms with van der Waals surface area (Å²) < 4.78 is 4.73. The fourth-order valence-corrected chi connectivity index (χ4v) is 11.8. The van der Waals surface area contributed by atoms with Crippen molar-refractivity contribution >= 4 is 104 Å². The topological polar surface area (TPSA) is 151 Å². The number of anilines is 5. The van der Waals surface area contributed by atoms with Crippen molar-refractivity contribution in [3.8, 4) is 0 Å². The summed E-state index contributed by atoms with van der Waals surface area (Å²) in [6.07, 6.45) is 5.18. The third-order valence-electron chi connectivity index (χ3n) is 15.0. The van der Waals surface area contributed by atoms with Gasteiger partial charge >= 0.3 is 5.97 Å². The molecule has 0 atom stereocenters. The molecule has 0 spiro atoms. The van der Waals surface area contributed by atoms with Crippen molar-refractivity contribution in [3.63, 3.8) is 0 Å². The maximum atomic E-state index is 13.1. The Hall–Kier alpha value is -6.88. The summed E-state index contributed by atoms with van der Waals surface area (Å²) in [6.45, 7) is 12.1. The van der Waals surface area contributed by atoms with Crippen molar-refractivity contribution in [2.75, 3.05) is 111 Å². The second-order valence-electron chi connectivity index (χ2n) is 20.4. The Morgan fingerprint density at radius 3 is 1.59 bits per heavy atom. The predicted octanol–water partition coefficient (Wildman–Crippen LogP) is 11.0. The molecule has 5 aromatic carbocycles. The van der Waals surface area contributed by atoms with Crippen LogP contribution in [0.3, 0.4) is 0 Å². The van der Waals surface area contributed by atoms with E-state index in [4.69, 9.17) is 51.1 Å². The molecule has 4 aliphatic rings. The van der Waals surface area contributed by atoms with Crippen LogP contribution >= 0.6 is 46.4 Å². The Balaban J connectivity index is 0.000000195. The van der Waals surface area contributed by atoms with Gasteiger partial charge < -0.3 is 39.9 Å². The van der Waals surface area contributed by atoms with Gasteiger partial charge in [-0.15, -0.1) is 0 Å². The molecule has 4 fully saturated rings.